The summed E-state index contributed by atoms with van der Waals surface area (Å²) in [6.45, 7) is 4.61. The molecule has 1 saturated heterocycles. The zero-order valence-electron chi connectivity index (χ0n) is 17.6. The molecular formula is C27H27N3O. The summed E-state index contributed by atoms with van der Waals surface area (Å²) in [5.74, 6) is 0.319. The van der Waals surface area contributed by atoms with Gasteiger partial charge in [0.1, 0.15) is 5.75 Å². The lowest BCUT2D eigenvalue weighted by molar-refractivity contribution is 0.327. The third-order valence-electron chi connectivity index (χ3n) is 6.81. The van der Waals surface area contributed by atoms with Gasteiger partial charge in [0.15, 0.2) is 0 Å². The smallest absolute Gasteiger partial charge is 0.116 e. The molecule has 4 nitrogen and oxygen atoms in total. The van der Waals surface area contributed by atoms with Gasteiger partial charge in [-0.1, -0.05) is 30.3 Å². The number of phenols is 1. The average Bonchev–Trinajstić information content (AvgIpc) is 3.53. The largest absolute Gasteiger partial charge is 0.508 e. The van der Waals surface area contributed by atoms with Crippen molar-refractivity contribution >= 4 is 32.6 Å². The first kappa shape index (κ1) is 18.5. The Labute approximate surface area is 181 Å². The normalized spacial score (nSPS) is 15.0. The van der Waals surface area contributed by atoms with E-state index in [1.54, 1.807) is 0 Å². The number of nitrogens with one attached hydrogen (secondary N) is 1. The molecule has 0 spiro atoms. The fourth-order valence-electron chi connectivity index (χ4n) is 5.36. The van der Waals surface area contributed by atoms with E-state index >= 15 is 0 Å². The van der Waals surface area contributed by atoms with Crippen LogP contribution in [0.2, 0.25) is 0 Å². The molecule has 31 heavy (non-hydrogen) atoms. The monoisotopic (exact) mass is 409 g/mol. The number of aromatic amines is 1. The number of H-pyrrole nitrogens is 1. The van der Waals surface area contributed by atoms with Crippen LogP contribution in [0.5, 0.6) is 5.75 Å². The molecule has 3 aromatic carbocycles. The Morgan fingerprint density at radius 3 is 2.45 bits per heavy atom. The maximum absolute atomic E-state index is 10.3. The first-order chi connectivity index (χ1) is 15.3. The van der Waals surface area contributed by atoms with Gasteiger partial charge in [-0.25, -0.2) is 0 Å². The van der Waals surface area contributed by atoms with E-state index in [0.717, 1.165) is 24.9 Å². The molecule has 1 aliphatic rings. The summed E-state index contributed by atoms with van der Waals surface area (Å²) in [5.41, 5.74) is 4.91. The Kier molecular flexibility index (Phi) is 4.46. The number of rotatable bonds is 5. The van der Waals surface area contributed by atoms with Crippen LogP contribution in [0.4, 0.5) is 0 Å². The second kappa shape index (κ2) is 7.47. The number of aryl methyl sites for hydroxylation is 1. The number of benzene rings is 3. The minimum Gasteiger partial charge on any atom is -0.508 e. The van der Waals surface area contributed by atoms with Crippen molar-refractivity contribution in [2.24, 2.45) is 0 Å². The summed E-state index contributed by atoms with van der Waals surface area (Å²) < 4.78 is 2.46. The molecule has 1 fully saturated rings. The van der Waals surface area contributed by atoms with Crippen LogP contribution in [0.25, 0.3) is 43.7 Å². The third kappa shape index (κ3) is 3.10. The van der Waals surface area contributed by atoms with E-state index in [-0.39, 0.29) is 0 Å². The Morgan fingerprint density at radius 1 is 0.806 bits per heavy atom. The van der Waals surface area contributed by atoms with Crippen molar-refractivity contribution in [1.29, 1.82) is 0 Å². The van der Waals surface area contributed by atoms with Gasteiger partial charge < -0.3 is 19.6 Å². The van der Waals surface area contributed by atoms with E-state index in [1.165, 1.54) is 64.3 Å². The van der Waals surface area contributed by atoms with E-state index in [0.29, 0.717) is 5.75 Å². The summed E-state index contributed by atoms with van der Waals surface area (Å²) >= 11 is 0. The topological polar surface area (TPSA) is 44.2 Å². The number of hydrogen-bond acceptors (Lipinski definition) is 2. The van der Waals surface area contributed by atoms with Crippen LogP contribution < -0.4 is 0 Å². The van der Waals surface area contributed by atoms with E-state index in [9.17, 15) is 5.11 Å². The molecular weight excluding hydrogens is 382 g/mol. The lowest BCUT2D eigenvalue weighted by atomic mass is 9.97. The predicted molar refractivity (Wildman–Crippen MR) is 129 cm³/mol. The third-order valence-corrected chi connectivity index (χ3v) is 6.81. The molecule has 0 radical (unpaired) electrons. The van der Waals surface area contributed by atoms with Gasteiger partial charge in [-0.3, -0.25) is 0 Å². The summed E-state index contributed by atoms with van der Waals surface area (Å²) in [5, 5.41) is 15.0. The summed E-state index contributed by atoms with van der Waals surface area (Å²) in [4.78, 5) is 5.91. The molecule has 4 heteroatoms. The molecule has 5 aromatic rings. The predicted octanol–water partition coefficient (Wildman–Crippen LogP) is 6.13. The van der Waals surface area contributed by atoms with E-state index in [4.69, 9.17) is 0 Å². The van der Waals surface area contributed by atoms with Crippen molar-refractivity contribution < 1.29 is 5.11 Å². The lowest BCUT2D eigenvalue weighted by Gasteiger charge is -2.15. The summed E-state index contributed by atoms with van der Waals surface area (Å²) in [6.07, 6.45) is 7.99. The van der Waals surface area contributed by atoms with Crippen molar-refractivity contribution in [2.75, 3.05) is 19.6 Å². The van der Waals surface area contributed by atoms with Gasteiger partial charge in [0, 0.05) is 46.0 Å². The maximum atomic E-state index is 10.3. The molecule has 0 unspecified atom stereocenters. The Bertz CT molecular complexity index is 1370. The van der Waals surface area contributed by atoms with Crippen molar-refractivity contribution in [3.8, 4) is 16.9 Å². The highest BCUT2D eigenvalue weighted by Gasteiger charge is 2.18. The number of aromatic nitrogens is 2. The summed E-state index contributed by atoms with van der Waals surface area (Å²) in [7, 11) is 0. The standard InChI is InChI=1S/C27H27N3O/c31-20-9-10-25-22(15-20)27-24-18-28-17-23(24)21(19-7-2-1-3-8-19)16-26(27)30(25)14-6-13-29-11-4-5-12-29/h1-3,7-10,15-18,28,31H,4-6,11-14H2. The highest BCUT2D eigenvalue weighted by molar-refractivity contribution is 6.23. The molecule has 0 aliphatic carbocycles. The molecule has 1 aliphatic heterocycles. The fourth-order valence-corrected chi connectivity index (χ4v) is 5.36. The number of aromatic hydroxyl groups is 1. The fraction of sp³-hybridized carbons (Fsp3) is 0.259. The van der Waals surface area contributed by atoms with Crippen LogP contribution in [0, 0.1) is 0 Å². The van der Waals surface area contributed by atoms with E-state index in [1.807, 2.05) is 12.1 Å². The molecule has 156 valence electrons. The average molecular weight is 410 g/mol. The Hall–Kier alpha value is -3.24. The molecule has 2 aromatic heterocycles. The van der Waals surface area contributed by atoms with Gasteiger partial charge in [-0.15, -0.1) is 0 Å². The highest BCUT2D eigenvalue weighted by atomic mass is 16.3. The van der Waals surface area contributed by atoms with Crippen molar-refractivity contribution in [3.63, 3.8) is 0 Å². The molecule has 0 atom stereocenters. The Balaban J connectivity index is 1.56. The quantitative estimate of drug-likeness (QED) is 0.366. The zero-order valence-corrected chi connectivity index (χ0v) is 17.6. The molecule has 0 bridgehead atoms. The summed E-state index contributed by atoms with van der Waals surface area (Å²) in [6, 6.07) is 18.8. The van der Waals surface area contributed by atoms with E-state index < -0.39 is 0 Å². The van der Waals surface area contributed by atoms with Crippen molar-refractivity contribution in [1.82, 2.24) is 14.5 Å². The number of fused-ring (bicyclic) bond motifs is 5. The second-order valence-corrected chi connectivity index (χ2v) is 8.72. The van der Waals surface area contributed by atoms with Crippen LogP contribution in [-0.2, 0) is 6.54 Å². The molecule has 2 N–H and O–H groups in total. The molecule has 0 amide bonds. The minimum absolute atomic E-state index is 0.319. The van der Waals surface area contributed by atoms with Gasteiger partial charge in [0.05, 0.1) is 5.52 Å². The van der Waals surface area contributed by atoms with Gasteiger partial charge in [-0.2, -0.15) is 0 Å². The van der Waals surface area contributed by atoms with Crippen LogP contribution in [0.3, 0.4) is 0 Å². The number of phenolic OH excluding ortho intramolecular Hbond substituents is 1. The van der Waals surface area contributed by atoms with E-state index in [2.05, 4.69) is 69.3 Å². The lowest BCUT2D eigenvalue weighted by Crippen LogP contribution is -2.21. The molecule has 0 saturated carbocycles. The SMILES string of the molecule is Oc1ccc2c(c1)c1c3c[nH]cc3c(-c3ccccc3)cc1n2CCCN1CCCC1. The van der Waals surface area contributed by atoms with Crippen LogP contribution in [0.1, 0.15) is 19.3 Å². The second-order valence-electron chi connectivity index (χ2n) is 8.72. The van der Waals surface area contributed by atoms with Gasteiger partial charge >= 0.3 is 0 Å². The first-order valence-corrected chi connectivity index (χ1v) is 11.3. The minimum atomic E-state index is 0.319. The van der Waals surface area contributed by atoms with Crippen molar-refractivity contribution in [2.45, 2.75) is 25.8 Å². The van der Waals surface area contributed by atoms with Crippen LogP contribution >= 0.6 is 0 Å². The zero-order chi connectivity index (χ0) is 20.8. The van der Waals surface area contributed by atoms with Gasteiger partial charge in [0.25, 0.3) is 0 Å². The van der Waals surface area contributed by atoms with Crippen LogP contribution in [-0.4, -0.2) is 39.2 Å². The number of likely N-dealkylation sites (tertiary alicyclic amines) is 1. The molecule has 6 rings (SSSR count). The molecule has 3 heterocycles. The first-order valence-electron chi connectivity index (χ1n) is 11.3. The van der Waals surface area contributed by atoms with Crippen LogP contribution in [0.15, 0.2) is 67.0 Å². The number of hydrogen-bond donors (Lipinski definition) is 2. The van der Waals surface area contributed by atoms with Gasteiger partial charge in [-0.05, 0) is 74.3 Å². The highest BCUT2D eigenvalue weighted by Crippen LogP contribution is 2.41. The number of nitrogens with zero attached hydrogens (tertiary/aromatic N) is 2. The van der Waals surface area contributed by atoms with Crippen molar-refractivity contribution in [3.05, 3.63) is 67.0 Å². The van der Waals surface area contributed by atoms with Gasteiger partial charge in [0.2, 0.25) is 0 Å². The Morgan fingerprint density at radius 2 is 1.61 bits per heavy atom. The maximum Gasteiger partial charge on any atom is 0.116 e.